The van der Waals surface area contributed by atoms with Crippen molar-refractivity contribution in [1.29, 1.82) is 0 Å². The fraction of sp³-hybridized carbons (Fsp3) is 0.414. The van der Waals surface area contributed by atoms with E-state index in [0.717, 1.165) is 70.2 Å². The molecule has 14 heteroatoms. The lowest BCUT2D eigenvalue weighted by molar-refractivity contribution is -0.213. The molecule has 7 aromatic carbocycles. The quantitative estimate of drug-likeness (QED) is 0.0222. The highest BCUT2D eigenvalue weighted by molar-refractivity contribution is 7.86. The van der Waals surface area contributed by atoms with Gasteiger partial charge in [-0.1, -0.05) is 158 Å². The minimum Gasteiger partial charge on any atom is -0.508 e. The number of aliphatic hydroxyl groups is 3. The van der Waals surface area contributed by atoms with Crippen LogP contribution < -0.4 is 21.5 Å². The molecule has 0 amide bonds. The van der Waals surface area contributed by atoms with Gasteiger partial charge in [0.05, 0.1) is 23.1 Å². The first-order valence-corrected chi connectivity index (χ1v) is 38.6. The molecule has 7 aromatic rings. The monoisotopic (exact) mass is 1370 g/mol. The summed E-state index contributed by atoms with van der Waals surface area (Å²) in [6.07, 6.45) is 21.5. The molecule has 2 saturated carbocycles. The van der Waals surface area contributed by atoms with Gasteiger partial charge >= 0.3 is 0 Å². The minimum atomic E-state index is -4.75. The zero-order chi connectivity index (χ0) is 69.0. The zero-order valence-corrected chi connectivity index (χ0v) is 58.2. The molecule has 5 heterocycles. The van der Waals surface area contributed by atoms with Crippen molar-refractivity contribution in [3.8, 4) is 23.3 Å². The number of hydrogen-bond donors (Lipinski definition) is 8. The van der Waals surface area contributed by atoms with Gasteiger partial charge in [0.15, 0.2) is 5.96 Å². The number of aryl methyl sites for hydroxylation is 1. The predicted octanol–water partition coefficient (Wildman–Crippen LogP) is 14.1. The molecular weight excluding hydrogens is 1280 g/mol. The van der Waals surface area contributed by atoms with Gasteiger partial charge in [0.1, 0.15) is 17.6 Å². The number of aliphatic imine (C=N–C) groups is 1. The molecule has 13 nitrogen and oxygen atoms in total. The molecule has 10 N–H and O–H groups in total. The highest BCUT2D eigenvalue weighted by atomic mass is 32.2. The summed E-state index contributed by atoms with van der Waals surface area (Å²) in [4.78, 5) is 5.50. The number of phenols is 1. The van der Waals surface area contributed by atoms with Crippen molar-refractivity contribution in [3.63, 3.8) is 0 Å². The van der Waals surface area contributed by atoms with Gasteiger partial charge in [0.2, 0.25) is 5.72 Å². The summed E-state index contributed by atoms with van der Waals surface area (Å²) in [5.74, 6) is 3.53. The number of fused-ring (bicyclic) bond motifs is 8. The van der Waals surface area contributed by atoms with Gasteiger partial charge in [-0.05, 0) is 238 Å². The second-order valence-electron chi connectivity index (χ2n) is 31.8. The van der Waals surface area contributed by atoms with Crippen molar-refractivity contribution in [2.45, 2.75) is 155 Å². The van der Waals surface area contributed by atoms with Gasteiger partial charge in [0.25, 0.3) is 10.1 Å². The Kier molecular flexibility index (Phi) is 16.0. The lowest BCUT2D eigenvalue weighted by Crippen LogP contribution is -2.67. The molecule has 518 valence electrons. The van der Waals surface area contributed by atoms with Crippen LogP contribution in [0.3, 0.4) is 0 Å². The fourth-order valence-corrected chi connectivity index (χ4v) is 23.5. The zero-order valence-electron chi connectivity index (χ0n) is 57.3. The molecule has 13 aliphatic rings. The molecule has 20 rings (SSSR count). The smallest absolute Gasteiger partial charge is 0.268 e. The molecule has 0 radical (unpaired) electrons. The number of hydrogen-bond acceptors (Lipinski definition) is 10. The number of rotatable bonds is 9. The predicted molar refractivity (Wildman–Crippen MR) is 394 cm³/mol. The van der Waals surface area contributed by atoms with E-state index in [9.17, 15) is 28.3 Å². The van der Waals surface area contributed by atoms with Crippen LogP contribution in [0.1, 0.15) is 190 Å². The van der Waals surface area contributed by atoms with E-state index in [4.69, 9.17) is 25.9 Å². The first-order valence-electron chi connectivity index (χ1n) is 37.1. The number of nitrogens with two attached hydrogens (primary N) is 2. The summed E-state index contributed by atoms with van der Waals surface area (Å²) in [7, 11) is -2.74. The number of nitrogens with zero attached hydrogens (tertiary/aromatic N) is 1. The summed E-state index contributed by atoms with van der Waals surface area (Å²) in [5.41, 5.74) is 27.4. The van der Waals surface area contributed by atoms with E-state index < -0.39 is 62.6 Å². The Morgan fingerprint density at radius 2 is 1.62 bits per heavy atom. The molecule has 20 atom stereocenters. The van der Waals surface area contributed by atoms with Crippen LogP contribution in [-0.2, 0) is 46.4 Å². The summed E-state index contributed by atoms with van der Waals surface area (Å²) in [5, 5.41) is 54.5. The number of allylic oxidation sites excluding steroid dienone is 3. The van der Waals surface area contributed by atoms with Crippen molar-refractivity contribution < 1.29 is 42.9 Å². The van der Waals surface area contributed by atoms with Crippen molar-refractivity contribution >= 4 is 39.0 Å². The maximum absolute atomic E-state index is 15.1. The fourth-order valence-electron chi connectivity index (χ4n) is 22.4. The summed E-state index contributed by atoms with van der Waals surface area (Å²) >= 11 is 0. The molecule has 3 fully saturated rings. The van der Waals surface area contributed by atoms with Gasteiger partial charge in [-0.2, -0.15) is 8.42 Å². The third-order valence-corrected chi connectivity index (χ3v) is 27.9. The lowest BCUT2D eigenvalue weighted by atomic mass is 9.44. The lowest BCUT2D eigenvalue weighted by Gasteiger charge is -2.63. The van der Waals surface area contributed by atoms with Crippen LogP contribution in [0.2, 0.25) is 0 Å². The third-order valence-electron chi connectivity index (χ3n) is 26.7. The summed E-state index contributed by atoms with van der Waals surface area (Å²) in [6.45, 7) is 2.82. The third kappa shape index (κ3) is 10.6. The average Bonchev–Trinajstić information content (AvgIpc) is 1.10. The SMILES string of the molecule is CNCc1cc2cccc3c2c2c1C[C@@H]1C=Cc4c([C@@H]5CC[C@@H]6[C@@H]7C=C[C@H]5[C@@]6(O)[C@@H](Cc5ccccc5)[C@H]([C@@]5(N=C(N)N)Oc6ccc8c(c6)CC[C@H](C)[C@@H]8C[C@@H](S(=O)(=O)O)[C@H]6C=C8C[C@H](C[C@H]9C[C@@H](CO)CC#Cc%10cc(O)ccc%10[C@@H]8O9)[C@@H]6c6ccc5cc6)C7)ccc(c41)[C@H](O)[C@@H]2C=C3. The highest BCUT2D eigenvalue weighted by Gasteiger charge is 2.67. The van der Waals surface area contributed by atoms with E-state index in [1.807, 2.05) is 25.2 Å². The topological polar surface area (TPSA) is 230 Å². The highest BCUT2D eigenvalue weighted by Crippen LogP contribution is 2.66. The van der Waals surface area contributed by atoms with Crippen LogP contribution in [0.25, 0.3) is 22.9 Å². The Balaban J connectivity index is 0.789. The molecule has 5 aliphatic heterocycles. The second-order valence-corrected chi connectivity index (χ2v) is 33.5. The largest absolute Gasteiger partial charge is 0.508 e. The Labute approximate surface area is 592 Å². The first kappa shape index (κ1) is 65.0. The van der Waals surface area contributed by atoms with E-state index in [1.54, 1.807) is 12.1 Å². The van der Waals surface area contributed by atoms with E-state index in [1.165, 1.54) is 44.2 Å². The Morgan fingerprint density at radius 1 is 0.802 bits per heavy atom. The number of aliphatic hydroxyl groups excluding tert-OH is 2. The van der Waals surface area contributed by atoms with E-state index in [-0.39, 0.29) is 90.0 Å². The molecular formula is C87H90N4O9S. The van der Waals surface area contributed by atoms with Crippen LogP contribution in [0, 0.1) is 65.1 Å². The molecule has 0 spiro atoms. The van der Waals surface area contributed by atoms with Crippen LogP contribution in [-0.4, -0.2) is 70.0 Å². The normalized spacial score (nSPS) is 34.2. The number of ether oxygens (including phenoxy) is 2. The molecule has 8 aliphatic carbocycles. The minimum absolute atomic E-state index is 0.0325. The van der Waals surface area contributed by atoms with Crippen molar-refractivity contribution in [1.82, 2.24) is 5.32 Å². The maximum atomic E-state index is 15.1. The first-order chi connectivity index (χ1) is 49.0. The number of aromatic hydroxyl groups is 1. The van der Waals surface area contributed by atoms with Gasteiger partial charge in [0, 0.05) is 71.8 Å². The Bertz CT molecular complexity index is 4850. The standard InChI is InChI=1S/C87H90N4O9S/c1-47-14-15-53-39-62-24-28-64(53)71(47)44-78(101(96,97)98)73-42-58-37-57(40-63-34-49(46-92)10-6-12-52-38-61(93)23-27-65(52)84(58)99-63)79(73)51-16-21-60(22-17-51)87(100-62,91-85(88)89)77-43-54-20-32-75-67(31-33-74(54)86(75,95)76(77)35-48-8-4-3-5-9-48)66-29-30-69-81-56(19-25-68(66)81)41-72-59(45-90-2)36-55-13-7-11-50-18-26-70(83(69)94)82(72)80(50)55/h3-5,7-9,11,13,16-30,32,36,38-39,42,47,49,54,56-57,63,67,70-71,73-79,83-84,90,92-95H,10,14-15,31,33-35,37,40-41,43-46H2,1-2H3,(H4,88,89,91)(H,96,97,98)/t47-,49-,54+,56-,57+,63+,67-,70+,71-,73+,74+,75+,76-,77+,78+,79-,83-,84+,86+,87-/m0/s1. The molecule has 14 bridgehead atoms. The Morgan fingerprint density at radius 3 is 2.44 bits per heavy atom. The van der Waals surface area contributed by atoms with Crippen molar-refractivity contribution in [3.05, 3.63) is 247 Å². The van der Waals surface area contributed by atoms with E-state index >= 15 is 5.11 Å². The van der Waals surface area contributed by atoms with Crippen LogP contribution in [0.4, 0.5) is 0 Å². The summed E-state index contributed by atoms with van der Waals surface area (Å²) < 4.78 is 56.7. The van der Waals surface area contributed by atoms with Gasteiger partial charge in [-0.3, -0.25) is 4.55 Å². The molecule has 1 saturated heterocycles. The van der Waals surface area contributed by atoms with Gasteiger partial charge < -0.3 is 46.7 Å². The Hall–Kier alpha value is -8.10. The average molecular weight is 1370 g/mol. The van der Waals surface area contributed by atoms with E-state index in [0.29, 0.717) is 68.4 Å². The summed E-state index contributed by atoms with van der Waals surface area (Å²) in [6, 6.07) is 43.6. The molecule has 0 aromatic heterocycles. The van der Waals surface area contributed by atoms with E-state index in [2.05, 4.69) is 164 Å². The number of phenolic OH excluding ortho intramolecular Hbond substituents is 1. The van der Waals surface area contributed by atoms with Crippen LogP contribution in [0.15, 0.2) is 168 Å². The maximum Gasteiger partial charge on any atom is 0.268 e. The van der Waals surface area contributed by atoms with Crippen molar-refractivity contribution in [2.75, 3.05) is 13.7 Å². The van der Waals surface area contributed by atoms with Crippen molar-refractivity contribution in [2.24, 2.45) is 69.7 Å². The number of benzene rings is 7. The number of guanidine groups is 1. The van der Waals surface area contributed by atoms with Gasteiger partial charge in [-0.25, -0.2) is 4.99 Å². The molecule has 101 heavy (non-hydrogen) atoms. The van der Waals surface area contributed by atoms with Gasteiger partial charge in [-0.15, -0.1) is 0 Å². The molecule has 0 unspecified atom stereocenters. The number of nitrogens with one attached hydrogen (secondary N) is 1. The second kappa shape index (κ2) is 24.8. The van der Waals surface area contributed by atoms with Crippen LogP contribution in [0.5, 0.6) is 11.5 Å². The van der Waals surface area contributed by atoms with Crippen LogP contribution >= 0.6 is 0 Å².